The number of aliphatic hydroxyl groups excluding tert-OH is 2. The minimum Gasteiger partial charge on any atom is -0.455 e. The van der Waals surface area contributed by atoms with Crippen molar-refractivity contribution in [3.8, 4) is 0 Å². The van der Waals surface area contributed by atoms with Gasteiger partial charge in [0.05, 0.1) is 29.6 Å². The van der Waals surface area contributed by atoms with Gasteiger partial charge >= 0.3 is 18.3 Å². The number of hydrogen-bond acceptors (Lipinski definition) is 11. The highest BCUT2D eigenvalue weighted by Crippen LogP contribution is 2.64. The van der Waals surface area contributed by atoms with Gasteiger partial charge in [0.1, 0.15) is 30.0 Å². The summed E-state index contributed by atoms with van der Waals surface area (Å²) in [6.45, 7) is 5.40. The fraction of sp³-hybridized carbons (Fsp3) is 0.586. The smallest absolute Gasteiger partial charge is 0.455 e. The van der Waals surface area contributed by atoms with Gasteiger partial charge in [0.2, 0.25) is 0 Å². The number of Topliss-reactive ketones (excluding diaryl/α,β-unsaturated/α-hetero) is 1. The summed E-state index contributed by atoms with van der Waals surface area (Å²) in [5, 5.41) is 55.2. The summed E-state index contributed by atoms with van der Waals surface area (Å²) < 4.78 is 22.2. The molecule has 1 aliphatic heterocycles. The lowest BCUT2D eigenvalue weighted by atomic mass is 9.44. The van der Waals surface area contributed by atoms with Crippen molar-refractivity contribution in [1.82, 2.24) is 0 Å². The van der Waals surface area contributed by atoms with E-state index in [9.17, 15) is 44.7 Å². The summed E-state index contributed by atoms with van der Waals surface area (Å²) in [5.74, 6) is -3.47. The van der Waals surface area contributed by atoms with Crippen LogP contribution in [0.1, 0.15) is 50.9 Å². The maximum Gasteiger partial charge on any atom is 0.506 e. The predicted octanol–water partition coefficient (Wildman–Crippen LogP) is 1.92. The first-order valence-corrected chi connectivity index (χ1v) is 13.6. The number of ether oxygens (including phenoxy) is 4. The second kappa shape index (κ2) is 9.76. The van der Waals surface area contributed by atoms with Crippen LogP contribution < -0.4 is 0 Å². The number of carbonyl (C=O) groups excluding carboxylic acids is 2. The maximum absolute atomic E-state index is 14.4. The Morgan fingerprint density at radius 3 is 2.19 bits per heavy atom. The molecule has 3 aliphatic carbocycles. The molecule has 9 atom stereocenters. The van der Waals surface area contributed by atoms with Crippen LogP contribution in [-0.4, -0.2) is 97.9 Å². The van der Waals surface area contributed by atoms with Gasteiger partial charge in [-0.15, -0.1) is 0 Å². The Labute approximate surface area is 240 Å². The third-order valence-corrected chi connectivity index (χ3v) is 10.1. The average molecular weight is 591 g/mol. The van der Waals surface area contributed by atoms with Crippen LogP contribution >= 0.6 is 0 Å². The first-order valence-electron chi connectivity index (χ1n) is 13.6. The van der Waals surface area contributed by atoms with Crippen LogP contribution in [0.5, 0.6) is 0 Å². The van der Waals surface area contributed by atoms with E-state index < -0.39 is 95.6 Å². The Morgan fingerprint density at radius 2 is 1.64 bits per heavy atom. The SMILES string of the molecule is CC1=C2[C@@H](O)C(=O)[C@@]3(C)C([C@H](OC(=O)c4ccccc4)[C@](O)(C[C@@H]1OC(=O)O)C2(C)C)[C@]1(OC(=O)O)CO[C@@H]1C[C@@H]3O. The molecule has 0 amide bonds. The lowest BCUT2D eigenvalue weighted by molar-refractivity contribution is -0.343. The number of aliphatic hydroxyl groups is 3. The molecule has 0 spiro atoms. The molecule has 1 saturated heterocycles. The van der Waals surface area contributed by atoms with Crippen LogP contribution in [0.4, 0.5) is 9.59 Å². The van der Waals surface area contributed by atoms with Gasteiger partial charge in [0.25, 0.3) is 0 Å². The molecule has 1 unspecified atom stereocenters. The Bertz CT molecular complexity index is 1350. The van der Waals surface area contributed by atoms with Gasteiger partial charge < -0.3 is 44.5 Å². The highest BCUT2D eigenvalue weighted by atomic mass is 16.7. The molecule has 4 aliphatic rings. The van der Waals surface area contributed by atoms with Gasteiger partial charge in [-0.05, 0) is 37.1 Å². The number of carbonyl (C=O) groups is 4. The van der Waals surface area contributed by atoms with Crippen molar-refractivity contribution in [2.45, 2.75) is 82.3 Å². The van der Waals surface area contributed by atoms with E-state index in [0.29, 0.717) is 0 Å². The Hall–Kier alpha value is -3.52. The van der Waals surface area contributed by atoms with Gasteiger partial charge in [0.15, 0.2) is 11.4 Å². The van der Waals surface area contributed by atoms with E-state index in [1.165, 1.54) is 39.8 Å². The fourth-order valence-corrected chi connectivity index (χ4v) is 7.79. The molecule has 2 saturated carbocycles. The van der Waals surface area contributed by atoms with E-state index in [2.05, 4.69) is 0 Å². The summed E-state index contributed by atoms with van der Waals surface area (Å²) in [7, 11) is 0. The number of ketones is 1. The molecule has 3 fully saturated rings. The number of hydrogen-bond donors (Lipinski definition) is 5. The minimum absolute atomic E-state index is 0.0553. The number of carboxylic acid groups (broad SMARTS) is 2. The maximum atomic E-state index is 14.4. The number of rotatable bonds is 4. The molecule has 13 heteroatoms. The standard InChI is InChI=1S/C29H34O13/c1-13-15(40-24(34)35)11-29(38)22(41-23(33)14-8-6-5-7-9-14)20-27(4,21(32)19(31)18(13)26(29,2)3)16(30)10-17-28(20,12-39-17)42-25(36)37/h5-9,15-17,19-20,22,30-31,38H,10-12H2,1-4H3,(H,34,35)(H,36,37)/t15-,16-,17+,19+,20?,22-,27+,28-,29+/m0/s1. The fourth-order valence-electron chi connectivity index (χ4n) is 7.79. The molecule has 228 valence electrons. The number of esters is 1. The van der Waals surface area contributed by atoms with Crippen molar-refractivity contribution >= 4 is 24.1 Å². The first kappa shape index (κ1) is 30.0. The van der Waals surface area contributed by atoms with Crippen molar-refractivity contribution < 1.29 is 63.7 Å². The van der Waals surface area contributed by atoms with Crippen molar-refractivity contribution in [2.24, 2.45) is 16.7 Å². The molecule has 13 nitrogen and oxygen atoms in total. The van der Waals surface area contributed by atoms with Gasteiger partial charge in [0, 0.05) is 18.3 Å². The monoisotopic (exact) mass is 590 g/mol. The Balaban J connectivity index is 1.82. The van der Waals surface area contributed by atoms with Crippen LogP contribution in [0.15, 0.2) is 41.5 Å². The van der Waals surface area contributed by atoms with Gasteiger partial charge in [-0.3, -0.25) is 4.79 Å². The Kier molecular flexibility index (Phi) is 6.96. The molecule has 1 aromatic rings. The molecular weight excluding hydrogens is 556 g/mol. The number of benzene rings is 1. The summed E-state index contributed by atoms with van der Waals surface area (Å²) >= 11 is 0. The van der Waals surface area contributed by atoms with Crippen LogP contribution in [0.25, 0.3) is 0 Å². The van der Waals surface area contributed by atoms with Gasteiger partial charge in [-0.25, -0.2) is 14.4 Å². The van der Waals surface area contributed by atoms with Crippen molar-refractivity contribution in [3.05, 3.63) is 47.0 Å². The van der Waals surface area contributed by atoms with E-state index >= 15 is 0 Å². The molecule has 2 bridgehead atoms. The van der Waals surface area contributed by atoms with Gasteiger partial charge in [-0.1, -0.05) is 32.0 Å². The zero-order valence-corrected chi connectivity index (χ0v) is 23.5. The topological polar surface area (TPSA) is 206 Å². The van der Waals surface area contributed by atoms with E-state index in [1.807, 2.05) is 0 Å². The number of fused-ring (bicyclic) bond motifs is 5. The van der Waals surface area contributed by atoms with Crippen LogP contribution in [0.3, 0.4) is 0 Å². The minimum atomic E-state index is -2.30. The van der Waals surface area contributed by atoms with Gasteiger partial charge in [-0.2, -0.15) is 0 Å². The summed E-state index contributed by atoms with van der Waals surface area (Å²) in [6.07, 6.45) is -11.9. The summed E-state index contributed by atoms with van der Waals surface area (Å²) in [6, 6.07) is 7.73. The third kappa shape index (κ3) is 3.98. The largest absolute Gasteiger partial charge is 0.506 e. The zero-order valence-electron chi connectivity index (χ0n) is 23.5. The second-order valence-corrected chi connectivity index (χ2v) is 12.3. The first-order chi connectivity index (χ1) is 19.5. The normalized spacial score (nSPS) is 40.3. The van der Waals surface area contributed by atoms with Crippen molar-refractivity contribution in [1.29, 1.82) is 0 Å². The molecule has 42 heavy (non-hydrogen) atoms. The lowest BCUT2D eigenvalue weighted by Gasteiger charge is -2.67. The summed E-state index contributed by atoms with van der Waals surface area (Å²) in [4.78, 5) is 51.7. The van der Waals surface area contributed by atoms with Crippen molar-refractivity contribution in [2.75, 3.05) is 6.61 Å². The van der Waals surface area contributed by atoms with Crippen LogP contribution in [0, 0.1) is 16.7 Å². The quantitative estimate of drug-likeness (QED) is 0.193. The average Bonchev–Trinajstić information content (AvgIpc) is 2.90. The van der Waals surface area contributed by atoms with Crippen LogP contribution in [-0.2, 0) is 23.7 Å². The molecule has 5 rings (SSSR count). The molecule has 0 radical (unpaired) electrons. The third-order valence-electron chi connectivity index (χ3n) is 10.1. The molecule has 1 heterocycles. The zero-order chi connectivity index (χ0) is 31.0. The van der Waals surface area contributed by atoms with E-state index in [-0.39, 0.29) is 23.1 Å². The summed E-state index contributed by atoms with van der Waals surface area (Å²) in [5.41, 5.74) is -7.62. The predicted molar refractivity (Wildman–Crippen MR) is 139 cm³/mol. The highest BCUT2D eigenvalue weighted by Gasteiger charge is 2.78. The van der Waals surface area contributed by atoms with E-state index in [1.54, 1.807) is 18.2 Å². The van der Waals surface area contributed by atoms with Crippen molar-refractivity contribution in [3.63, 3.8) is 0 Å². The molecule has 1 aromatic carbocycles. The molecule has 0 aromatic heterocycles. The lowest BCUT2D eigenvalue weighted by Crippen LogP contribution is -2.81. The highest BCUT2D eigenvalue weighted by molar-refractivity contribution is 5.94. The second-order valence-electron chi connectivity index (χ2n) is 12.3. The van der Waals surface area contributed by atoms with Crippen LogP contribution in [0.2, 0.25) is 0 Å². The van der Waals surface area contributed by atoms with E-state index in [0.717, 1.165) is 0 Å². The van der Waals surface area contributed by atoms with E-state index in [4.69, 9.17) is 18.9 Å². The Morgan fingerprint density at radius 1 is 1.00 bits per heavy atom. The molecular formula is C29H34O13. The molecule has 5 N–H and O–H groups in total.